The highest BCUT2D eigenvalue weighted by Crippen LogP contribution is 2.27. The van der Waals surface area contributed by atoms with Crippen LogP contribution in [0.5, 0.6) is 5.75 Å². The van der Waals surface area contributed by atoms with Crippen molar-refractivity contribution in [1.82, 2.24) is 0 Å². The molecule has 3 nitrogen and oxygen atoms in total. The Morgan fingerprint density at radius 2 is 2.00 bits per heavy atom. The average Bonchev–Trinajstić information content (AvgIpc) is 2.16. The Bertz CT molecular complexity index is 451. The van der Waals surface area contributed by atoms with Gasteiger partial charge in [0.25, 0.3) is 0 Å². The Labute approximate surface area is 92.9 Å². The quantitative estimate of drug-likeness (QED) is 0.662. The molecule has 1 aromatic rings. The molecule has 0 bridgehead atoms. The Morgan fingerprint density at radius 3 is 2.53 bits per heavy atom. The molecule has 0 aliphatic carbocycles. The second-order valence-electron chi connectivity index (χ2n) is 2.90. The predicted molar refractivity (Wildman–Crippen MR) is 49.8 cm³/mol. The number of aliphatic carboxylic acids is 1. The molecule has 0 aliphatic heterocycles. The Balaban J connectivity index is 3.08. The van der Waals surface area contributed by atoms with E-state index >= 15 is 0 Å². The lowest BCUT2D eigenvalue weighted by Crippen LogP contribution is -2.17. The van der Waals surface area contributed by atoms with Gasteiger partial charge in [-0.3, -0.25) is 0 Å². The summed E-state index contributed by atoms with van der Waals surface area (Å²) in [5, 5.41) is 8.32. The zero-order chi connectivity index (χ0) is 13.1. The number of carboxylic acid groups (broad SMARTS) is 1. The van der Waals surface area contributed by atoms with Gasteiger partial charge in [0.15, 0.2) is 0 Å². The lowest BCUT2D eigenvalue weighted by atomic mass is 10.2. The highest BCUT2D eigenvalue weighted by molar-refractivity contribution is 5.85. The van der Waals surface area contributed by atoms with E-state index in [9.17, 15) is 22.4 Å². The highest BCUT2D eigenvalue weighted by atomic mass is 19.4. The van der Waals surface area contributed by atoms with Crippen molar-refractivity contribution in [2.24, 2.45) is 0 Å². The van der Waals surface area contributed by atoms with Crippen LogP contribution < -0.4 is 4.74 Å². The molecule has 0 atom stereocenters. The molecule has 0 unspecified atom stereocenters. The van der Waals surface area contributed by atoms with Crippen molar-refractivity contribution in [3.63, 3.8) is 0 Å². The first kappa shape index (κ1) is 13.0. The number of alkyl halides is 3. The van der Waals surface area contributed by atoms with Crippen molar-refractivity contribution in [3.05, 3.63) is 35.7 Å². The Kier molecular flexibility index (Phi) is 3.72. The molecule has 0 saturated carbocycles. The number of carboxylic acids is 1. The normalized spacial score (nSPS) is 11.8. The smallest absolute Gasteiger partial charge is 0.478 e. The largest absolute Gasteiger partial charge is 0.573 e. The number of rotatable bonds is 3. The van der Waals surface area contributed by atoms with Crippen LogP contribution in [0.25, 0.3) is 6.08 Å². The molecular weight excluding hydrogens is 244 g/mol. The minimum absolute atomic E-state index is 0.315. The van der Waals surface area contributed by atoms with E-state index in [1.165, 1.54) is 0 Å². The van der Waals surface area contributed by atoms with E-state index in [2.05, 4.69) is 4.74 Å². The molecule has 0 amide bonds. The van der Waals surface area contributed by atoms with E-state index < -0.39 is 23.9 Å². The van der Waals surface area contributed by atoms with Crippen LogP contribution in [0, 0.1) is 5.82 Å². The van der Waals surface area contributed by atoms with E-state index in [1.807, 2.05) is 0 Å². The zero-order valence-corrected chi connectivity index (χ0v) is 8.16. The van der Waals surface area contributed by atoms with Gasteiger partial charge in [-0.1, -0.05) is 0 Å². The minimum atomic E-state index is -4.93. The van der Waals surface area contributed by atoms with Gasteiger partial charge in [0.05, 0.1) is 0 Å². The van der Waals surface area contributed by atoms with Crippen LogP contribution >= 0.6 is 0 Å². The summed E-state index contributed by atoms with van der Waals surface area (Å²) in [5.41, 5.74) is -0.315. The van der Waals surface area contributed by atoms with E-state index in [1.54, 1.807) is 0 Å². The van der Waals surface area contributed by atoms with Crippen LogP contribution in [-0.2, 0) is 4.79 Å². The lowest BCUT2D eigenvalue weighted by Gasteiger charge is -2.11. The van der Waals surface area contributed by atoms with Gasteiger partial charge in [0.1, 0.15) is 11.6 Å². The summed E-state index contributed by atoms with van der Waals surface area (Å²) in [6.45, 7) is 0. The third-order valence-corrected chi connectivity index (χ3v) is 1.60. The van der Waals surface area contributed by atoms with E-state index in [4.69, 9.17) is 5.11 Å². The zero-order valence-electron chi connectivity index (χ0n) is 8.16. The van der Waals surface area contributed by atoms with Crippen molar-refractivity contribution < 1.29 is 32.2 Å². The van der Waals surface area contributed by atoms with Crippen LogP contribution in [-0.4, -0.2) is 17.4 Å². The van der Waals surface area contributed by atoms with Crippen LogP contribution in [0.3, 0.4) is 0 Å². The van der Waals surface area contributed by atoms with Crippen LogP contribution in [0.2, 0.25) is 0 Å². The molecule has 1 rings (SSSR count). The molecule has 17 heavy (non-hydrogen) atoms. The molecule has 0 aromatic heterocycles. The van der Waals surface area contributed by atoms with Gasteiger partial charge in [0.2, 0.25) is 0 Å². The number of benzene rings is 1. The highest BCUT2D eigenvalue weighted by Gasteiger charge is 2.31. The monoisotopic (exact) mass is 250 g/mol. The van der Waals surface area contributed by atoms with E-state index in [-0.39, 0.29) is 5.56 Å². The van der Waals surface area contributed by atoms with Gasteiger partial charge >= 0.3 is 12.3 Å². The summed E-state index contributed by atoms with van der Waals surface area (Å²) in [5.74, 6) is -2.84. The first-order valence-electron chi connectivity index (χ1n) is 4.24. The fourth-order valence-corrected chi connectivity index (χ4v) is 1.03. The molecule has 0 radical (unpaired) electrons. The standard InChI is InChI=1S/C10H6F4O3/c11-7-2-3-8(17-10(12,13)14)6(5-7)1-4-9(15)16/h1-5H,(H,15,16)/b4-1+. The summed E-state index contributed by atoms with van der Waals surface area (Å²) in [6.07, 6.45) is -3.53. The molecule has 7 heteroatoms. The minimum Gasteiger partial charge on any atom is -0.478 e. The van der Waals surface area contributed by atoms with Gasteiger partial charge in [0, 0.05) is 11.6 Å². The van der Waals surface area contributed by atoms with Crippen LogP contribution in [0.1, 0.15) is 5.56 Å². The maximum absolute atomic E-state index is 12.8. The summed E-state index contributed by atoms with van der Waals surface area (Å²) in [6, 6.07) is 2.28. The summed E-state index contributed by atoms with van der Waals surface area (Å²) in [7, 11) is 0. The number of ether oxygens (including phenoxy) is 1. The van der Waals surface area contributed by atoms with E-state index in [0.29, 0.717) is 6.08 Å². The topological polar surface area (TPSA) is 46.5 Å². The maximum Gasteiger partial charge on any atom is 0.573 e. The van der Waals surface area contributed by atoms with Crippen molar-refractivity contribution in [3.8, 4) is 5.75 Å². The van der Waals surface area contributed by atoms with E-state index in [0.717, 1.165) is 24.3 Å². The maximum atomic E-state index is 12.8. The first-order chi connectivity index (χ1) is 7.78. The molecule has 1 N–H and O–H groups in total. The van der Waals surface area contributed by atoms with Crippen molar-refractivity contribution in [1.29, 1.82) is 0 Å². The van der Waals surface area contributed by atoms with Gasteiger partial charge in [-0.25, -0.2) is 9.18 Å². The van der Waals surface area contributed by atoms with Crippen LogP contribution in [0.15, 0.2) is 24.3 Å². The molecule has 1 aromatic carbocycles. The number of carbonyl (C=O) groups is 1. The van der Waals surface area contributed by atoms with Gasteiger partial charge < -0.3 is 9.84 Å². The van der Waals surface area contributed by atoms with Crippen molar-refractivity contribution >= 4 is 12.0 Å². The fraction of sp³-hybridized carbons (Fsp3) is 0.100. The van der Waals surface area contributed by atoms with Crippen molar-refractivity contribution in [2.45, 2.75) is 6.36 Å². The molecule has 92 valence electrons. The SMILES string of the molecule is O=C(O)/C=C/c1cc(F)ccc1OC(F)(F)F. The predicted octanol–water partition coefficient (Wildman–Crippen LogP) is 2.82. The molecule has 0 heterocycles. The van der Waals surface area contributed by atoms with Crippen LogP contribution in [0.4, 0.5) is 17.6 Å². The summed E-state index contributed by atoms with van der Waals surface area (Å²) >= 11 is 0. The number of hydrogen-bond donors (Lipinski definition) is 1. The molecular formula is C10H6F4O3. The molecule has 0 saturated heterocycles. The number of halogens is 4. The second-order valence-corrected chi connectivity index (χ2v) is 2.90. The van der Waals surface area contributed by atoms with Gasteiger partial charge in [-0.05, 0) is 24.3 Å². The third kappa shape index (κ3) is 4.54. The first-order valence-corrected chi connectivity index (χ1v) is 4.24. The Morgan fingerprint density at radius 1 is 1.35 bits per heavy atom. The summed E-state index contributed by atoms with van der Waals surface area (Å²) < 4.78 is 52.3. The number of hydrogen-bond acceptors (Lipinski definition) is 2. The fourth-order valence-electron chi connectivity index (χ4n) is 1.03. The molecule has 0 spiro atoms. The van der Waals surface area contributed by atoms with Crippen molar-refractivity contribution in [2.75, 3.05) is 0 Å². The Hall–Kier alpha value is -2.05. The lowest BCUT2D eigenvalue weighted by molar-refractivity contribution is -0.274. The molecule has 0 fully saturated rings. The molecule has 0 aliphatic rings. The average molecular weight is 250 g/mol. The van der Waals surface area contributed by atoms with Gasteiger partial charge in [-0.2, -0.15) is 0 Å². The summed E-state index contributed by atoms with van der Waals surface area (Å²) in [4.78, 5) is 10.2. The van der Waals surface area contributed by atoms with Gasteiger partial charge in [-0.15, -0.1) is 13.2 Å². The third-order valence-electron chi connectivity index (χ3n) is 1.60. The second kappa shape index (κ2) is 4.86.